The first-order valence-electron chi connectivity index (χ1n) is 8.01. The third-order valence-corrected chi connectivity index (χ3v) is 4.15. The van der Waals surface area contributed by atoms with E-state index in [2.05, 4.69) is 24.3 Å². The Labute approximate surface area is 132 Å². The number of ether oxygens (including phenoxy) is 1. The summed E-state index contributed by atoms with van der Waals surface area (Å²) in [5, 5.41) is 7.37. The van der Waals surface area contributed by atoms with E-state index < -0.39 is 0 Å². The molecular weight excluding hydrogens is 280 g/mol. The molecule has 1 saturated heterocycles. The van der Waals surface area contributed by atoms with Gasteiger partial charge in [0.1, 0.15) is 0 Å². The second-order valence-corrected chi connectivity index (χ2v) is 6.84. The van der Waals surface area contributed by atoms with Crippen molar-refractivity contribution in [3.8, 4) is 0 Å². The highest BCUT2D eigenvalue weighted by Crippen LogP contribution is 2.23. The molecule has 2 atom stereocenters. The van der Waals surface area contributed by atoms with Crippen LogP contribution in [0.3, 0.4) is 0 Å². The molecule has 6 nitrogen and oxygen atoms in total. The van der Waals surface area contributed by atoms with E-state index in [1.54, 1.807) is 6.20 Å². The van der Waals surface area contributed by atoms with Gasteiger partial charge in [-0.05, 0) is 41.0 Å². The Morgan fingerprint density at radius 1 is 1.59 bits per heavy atom. The standard InChI is InChI=1S/C16H28N4O2/c1-7-11(2)20-13(4)14(8-17-20)18-15(21)19-9-12(3)22-16(5,6)10-19/h8,11-12H,7,9-10H2,1-6H3,(H,18,21)/t11-,12-/m1/s1. The molecule has 1 N–H and O–H groups in total. The maximum Gasteiger partial charge on any atom is 0.322 e. The van der Waals surface area contributed by atoms with Crippen LogP contribution in [0.5, 0.6) is 0 Å². The van der Waals surface area contributed by atoms with Crippen LogP contribution < -0.4 is 5.32 Å². The molecule has 1 aliphatic heterocycles. The van der Waals surface area contributed by atoms with Crippen molar-refractivity contribution in [2.45, 2.75) is 65.7 Å². The van der Waals surface area contributed by atoms with E-state index in [1.165, 1.54) is 0 Å². The molecule has 0 aromatic carbocycles. The zero-order valence-corrected chi connectivity index (χ0v) is 14.5. The van der Waals surface area contributed by atoms with Gasteiger partial charge in [0, 0.05) is 12.6 Å². The van der Waals surface area contributed by atoms with Crippen molar-refractivity contribution in [1.29, 1.82) is 0 Å². The predicted octanol–water partition coefficient (Wildman–Crippen LogP) is 3.19. The van der Waals surface area contributed by atoms with Crippen LogP contribution in [0.25, 0.3) is 0 Å². The number of nitrogens with one attached hydrogen (secondary N) is 1. The number of aromatic nitrogens is 2. The topological polar surface area (TPSA) is 59.4 Å². The van der Waals surface area contributed by atoms with Crippen molar-refractivity contribution in [2.75, 3.05) is 18.4 Å². The minimum absolute atomic E-state index is 0.0402. The van der Waals surface area contributed by atoms with Gasteiger partial charge in [0.25, 0.3) is 0 Å². The average Bonchev–Trinajstić information content (AvgIpc) is 2.77. The molecule has 1 aromatic rings. The first-order valence-corrected chi connectivity index (χ1v) is 8.01. The van der Waals surface area contributed by atoms with Gasteiger partial charge < -0.3 is 15.0 Å². The number of hydrogen-bond acceptors (Lipinski definition) is 3. The SMILES string of the molecule is CC[C@@H](C)n1ncc(NC(=O)N2C[C@@H](C)OC(C)(C)C2)c1C. The summed E-state index contributed by atoms with van der Waals surface area (Å²) in [5.74, 6) is 0. The van der Waals surface area contributed by atoms with E-state index >= 15 is 0 Å². The Hall–Kier alpha value is -1.56. The van der Waals surface area contributed by atoms with Crippen molar-refractivity contribution in [2.24, 2.45) is 0 Å². The summed E-state index contributed by atoms with van der Waals surface area (Å²) < 4.78 is 7.80. The number of morpholine rings is 1. The van der Waals surface area contributed by atoms with Gasteiger partial charge in [0.2, 0.25) is 0 Å². The van der Waals surface area contributed by atoms with E-state index in [9.17, 15) is 4.79 Å². The largest absolute Gasteiger partial charge is 0.369 e. The maximum atomic E-state index is 12.5. The first-order chi connectivity index (χ1) is 10.2. The fourth-order valence-corrected chi connectivity index (χ4v) is 2.97. The Bertz CT molecular complexity index is 538. The Balaban J connectivity index is 2.08. The lowest BCUT2D eigenvalue weighted by Gasteiger charge is -2.41. The molecule has 124 valence electrons. The second-order valence-electron chi connectivity index (χ2n) is 6.84. The van der Waals surface area contributed by atoms with Crippen molar-refractivity contribution < 1.29 is 9.53 Å². The molecule has 2 rings (SSSR count). The molecule has 0 unspecified atom stereocenters. The second kappa shape index (κ2) is 6.28. The molecule has 0 radical (unpaired) electrons. The number of anilines is 1. The third kappa shape index (κ3) is 3.61. The zero-order valence-electron chi connectivity index (χ0n) is 14.5. The number of hydrogen-bond donors (Lipinski definition) is 1. The summed E-state index contributed by atoms with van der Waals surface area (Å²) in [4.78, 5) is 14.3. The minimum atomic E-state index is -0.315. The van der Waals surface area contributed by atoms with Gasteiger partial charge in [0.15, 0.2) is 0 Å². The Kier molecular flexibility index (Phi) is 4.80. The fraction of sp³-hybridized carbons (Fsp3) is 0.750. The fourth-order valence-electron chi connectivity index (χ4n) is 2.97. The summed E-state index contributed by atoms with van der Waals surface area (Å²) in [6.45, 7) is 13.4. The number of rotatable bonds is 3. The van der Waals surface area contributed by atoms with Crippen LogP contribution in [0.15, 0.2) is 6.20 Å². The van der Waals surface area contributed by atoms with Crippen molar-refractivity contribution in [3.63, 3.8) is 0 Å². The molecule has 0 saturated carbocycles. The molecule has 0 bridgehead atoms. The highest BCUT2D eigenvalue weighted by molar-refractivity contribution is 5.89. The van der Waals surface area contributed by atoms with Crippen LogP contribution in [0.4, 0.5) is 10.5 Å². The van der Waals surface area contributed by atoms with Crippen LogP contribution in [0, 0.1) is 6.92 Å². The van der Waals surface area contributed by atoms with Crippen LogP contribution in [0.1, 0.15) is 52.8 Å². The molecule has 22 heavy (non-hydrogen) atoms. The van der Waals surface area contributed by atoms with Crippen LogP contribution >= 0.6 is 0 Å². The lowest BCUT2D eigenvalue weighted by Crippen LogP contribution is -2.54. The molecule has 1 aliphatic rings. The number of carbonyl (C=O) groups excluding carboxylic acids is 1. The number of urea groups is 1. The molecule has 2 heterocycles. The van der Waals surface area contributed by atoms with Crippen LogP contribution in [0.2, 0.25) is 0 Å². The average molecular weight is 308 g/mol. The highest BCUT2D eigenvalue weighted by Gasteiger charge is 2.34. The van der Waals surface area contributed by atoms with E-state index in [4.69, 9.17) is 4.74 Å². The van der Waals surface area contributed by atoms with Gasteiger partial charge >= 0.3 is 6.03 Å². The van der Waals surface area contributed by atoms with Gasteiger partial charge in [0.05, 0.1) is 35.8 Å². The van der Waals surface area contributed by atoms with Crippen LogP contribution in [-0.2, 0) is 4.74 Å². The number of amides is 2. The molecule has 2 amide bonds. The van der Waals surface area contributed by atoms with Crippen molar-refractivity contribution in [3.05, 3.63) is 11.9 Å². The number of carbonyl (C=O) groups is 1. The van der Waals surface area contributed by atoms with Crippen molar-refractivity contribution in [1.82, 2.24) is 14.7 Å². The normalized spacial score (nSPS) is 22.5. The van der Waals surface area contributed by atoms with Gasteiger partial charge in [-0.3, -0.25) is 4.68 Å². The molecule has 0 spiro atoms. The monoisotopic (exact) mass is 308 g/mol. The minimum Gasteiger partial charge on any atom is -0.369 e. The third-order valence-electron chi connectivity index (χ3n) is 4.15. The van der Waals surface area contributed by atoms with Crippen molar-refractivity contribution >= 4 is 11.7 Å². The van der Waals surface area contributed by atoms with Crippen LogP contribution in [-0.4, -0.2) is 45.5 Å². The predicted molar refractivity (Wildman–Crippen MR) is 87.2 cm³/mol. The Morgan fingerprint density at radius 2 is 2.27 bits per heavy atom. The first kappa shape index (κ1) is 16.8. The molecule has 0 aliphatic carbocycles. The summed E-state index contributed by atoms with van der Waals surface area (Å²) in [7, 11) is 0. The van der Waals surface area contributed by atoms with Gasteiger partial charge in [-0.1, -0.05) is 6.92 Å². The lowest BCUT2D eigenvalue weighted by atomic mass is 10.1. The summed E-state index contributed by atoms with van der Waals surface area (Å²) >= 11 is 0. The molecule has 6 heteroatoms. The smallest absolute Gasteiger partial charge is 0.322 e. The summed E-state index contributed by atoms with van der Waals surface area (Å²) in [6, 6.07) is 0.239. The number of nitrogens with zero attached hydrogens (tertiary/aromatic N) is 3. The van der Waals surface area contributed by atoms with E-state index in [1.807, 2.05) is 37.3 Å². The lowest BCUT2D eigenvalue weighted by molar-refractivity contribution is -0.116. The molecule has 1 aromatic heterocycles. The zero-order chi connectivity index (χ0) is 16.5. The van der Waals surface area contributed by atoms with E-state index in [0.717, 1.165) is 17.8 Å². The van der Waals surface area contributed by atoms with E-state index in [-0.39, 0.29) is 17.7 Å². The van der Waals surface area contributed by atoms with Gasteiger partial charge in [-0.25, -0.2) is 4.79 Å². The van der Waals surface area contributed by atoms with Gasteiger partial charge in [-0.2, -0.15) is 5.10 Å². The Morgan fingerprint density at radius 3 is 2.86 bits per heavy atom. The maximum absolute atomic E-state index is 12.5. The quantitative estimate of drug-likeness (QED) is 0.933. The van der Waals surface area contributed by atoms with E-state index in [0.29, 0.717) is 19.1 Å². The molecular formula is C16H28N4O2. The summed E-state index contributed by atoms with van der Waals surface area (Å²) in [5.41, 5.74) is 1.45. The van der Waals surface area contributed by atoms with Gasteiger partial charge in [-0.15, -0.1) is 0 Å². The highest BCUT2D eigenvalue weighted by atomic mass is 16.5. The molecule has 1 fully saturated rings. The summed E-state index contributed by atoms with van der Waals surface area (Å²) in [6.07, 6.45) is 2.78.